The highest BCUT2D eigenvalue weighted by atomic mass is 15.3. The van der Waals surface area contributed by atoms with Crippen LogP contribution in [-0.2, 0) is 0 Å². The van der Waals surface area contributed by atoms with E-state index in [1.54, 1.807) is 6.20 Å². The molecule has 3 heterocycles. The molecule has 1 aromatic rings. The Labute approximate surface area is 96.1 Å². The minimum absolute atomic E-state index is 0.733. The van der Waals surface area contributed by atoms with E-state index < -0.39 is 0 Å². The monoisotopic (exact) mass is 218 g/mol. The number of anilines is 2. The fourth-order valence-electron chi connectivity index (χ4n) is 2.81. The third kappa shape index (κ3) is 1.73. The molecule has 2 fully saturated rings. The van der Waals surface area contributed by atoms with Crippen LogP contribution in [0.15, 0.2) is 18.3 Å². The second-order valence-electron chi connectivity index (χ2n) is 4.73. The largest absolute Gasteiger partial charge is 0.399 e. The highest BCUT2D eigenvalue weighted by Crippen LogP contribution is 2.24. The lowest BCUT2D eigenvalue weighted by atomic mass is 10.1. The van der Waals surface area contributed by atoms with Crippen LogP contribution in [0.2, 0.25) is 0 Å². The lowest BCUT2D eigenvalue weighted by Crippen LogP contribution is -2.50. The van der Waals surface area contributed by atoms with Crippen LogP contribution in [-0.4, -0.2) is 42.1 Å². The Hall–Kier alpha value is -1.29. The van der Waals surface area contributed by atoms with Gasteiger partial charge in [0.2, 0.25) is 0 Å². The van der Waals surface area contributed by atoms with Crippen molar-refractivity contribution in [1.29, 1.82) is 0 Å². The molecule has 2 aliphatic heterocycles. The maximum atomic E-state index is 5.79. The summed E-state index contributed by atoms with van der Waals surface area (Å²) in [4.78, 5) is 9.37. The van der Waals surface area contributed by atoms with E-state index in [0.29, 0.717) is 0 Å². The van der Waals surface area contributed by atoms with Gasteiger partial charge in [0.15, 0.2) is 0 Å². The molecule has 0 spiro atoms. The fourth-order valence-corrected chi connectivity index (χ4v) is 2.81. The van der Waals surface area contributed by atoms with Crippen LogP contribution in [0.4, 0.5) is 11.5 Å². The minimum Gasteiger partial charge on any atom is -0.399 e. The number of aromatic nitrogens is 1. The van der Waals surface area contributed by atoms with E-state index in [0.717, 1.165) is 30.6 Å². The van der Waals surface area contributed by atoms with E-state index in [1.807, 2.05) is 12.1 Å². The van der Waals surface area contributed by atoms with E-state index in [-0.39, 0.29) is 0 Å². The van der Waals surface area contributed by atoms with Crippen molar-refractivity contribution in [2.75, 3.05) is 36.8 Å². The Bertz CT molecular complexity index is 379. The Kier molecular flexibility index (Phi) is 2.44. The van der Waals surface area contributed by atoms with E-state index in [9.17, 15) is 0 Å². The number of pyridine rings is 1. The number of rotatable bonds is 1. The van der Waals surface area contributed by atoms with Crippen LogP contribution in [0, 0.1) is 0 Å². The van der Waals surface area contributed by atoms with Gasteiger partial charge >= 0.3 is 0 Å². The molecule has 1 unspecified atom stereocenters. The van der Waals surface area contributed by atoms with E-state index >= 15 is 0 Å². The molecule has 86 valence electrons. The summed E-state index contributed by atoms with van der Waals surface area (Å²) in [7, 11) is 0. The first kappa shape index (κ1) is 9.90. The second-order valence-corrected chi connectivity index (χ2v) is 4.73. The Morgan fingerprint density at radius 2 is 2.25 bits per heavy atom. The Morgan fingerprint density at radius 3 is 3.12 bits per heavy atom. The SMILES string of the molecule is Nc1ccnc(N2CCN3CCCC3C2)c1. The van der Waals surface area contributed by atoms with Gasteiger partial charge in [0, 0.05) is 43.6 Å². The minimum atomic E-state index is 0.733. The molecular weight excluding hydrogens is 200 g/mol. The summed E-state index contributed by atoms with van der Waals surface area (Å²) in [5.74, 6) is 1.03. The molecule has 3 rings (SSSR count). The maximum Gasteiger partial charge on any atom is 0.130 e. The molecule has 0 bridgehead atoms. The first-order chi connectivity index (χ1) is 7.83. The van der Waals surface area contributed by atoms with E-state index in [1.165, 1.54) is 25.9 Å². The van der Waals surface area contributed by atoms with Gasteiger partial charge in [-0.25, -0.2) is 4.98 Å². The molecule has 2 saturated heterocycles. The summed E-state index contributed by atoms with van der Waals surface area (Å²) in [6.07, 6.45) is 4.48. The molecule has 4 heteroatoms. The first-order valence-corrected chi connectivity index (χ1v) is 6.03. The summed E-state index contributed by atoms with van der Waals surface area (Å²) >= 11 is 0. The van der Waals surface area contributed by atoms with Crippen LogP contribution in [0.3, 0.4) is 0 Å². The standard InChI is InChI=1S/C12H18N4/c13-10-3-4-14-12(8-10)16-7-6-15-5-1-2-11(15)9-16/h3-4,8,11H,1-2,5-7,9H2,(H2,13,14). The average molecular weight is 218 g/mol. The van der Waals surface area contributed by atoms with Crippen LogP contribution < -0.4 is 10.6 Å². The van der Waals surface area contributed by atoms with Crippen molar-refractivity contribution in [2.24, 2.45) is 0 Å². The molecule has 0 aliphatic carbocycles. The first-order valence-electron chi connectivity index (χ1n) is 6.03. The predicted octanol–water partition coefficient (Wildman–Crippen LogP) is 0.948. The summed E-state index contributed by atoms with van der Waals surface area (Å²) < 4.78 is 0. The Balaban J connectivity index is 1.76. The molecule has 0 saturated carbocycles. The third-order valence-electron chi connectivity index (χ3n) is 3.68. The van der Waals surface area contributed by atoms with Gasteiger partial charge in [-0.1, -0.05) is 0 Å². The zero-order valence-electron chi connectivity index (χ0n) is 9.47. The predicted molar refractivity (Wildman–Crippen MR) is 65.5 cm³/mol. The lowest BCUT2D eigenvalue weighted by Gasteiger charge is -2.38. The summed E-state index contributed by atoms with van der Waals surface area (Å²) in [6.45, 7) is 4.63. The number of hydrogen-bond acceptors (Lipinski definition) is 4. The lowest BCUT2D eigenvalue weighted by molar-refractivity contribution is 0.230. The normalized spacial score (nSPS) is 25.8. The van der Waals surface area contributed by atoms with Crippen molar-refractivity contribution >= 4 is 11.5 Å². The highest BCUT2D eigenvalue weighted by molar-refractivity contribution is 5.50. The topological polar surface area (TPSA) is 45.4 Å². The van der Waals surface area contributed by atoms with Gasteiger partial charge in [-0.15, -0.1) is 0 Å². The maximum absolute atomic E-state index is 5.79. The smallest absolute Gasteiger partial charge is 0.130 e. The quantitative estimate of drug-likeness (QED) is 0.762. The number of piperazine rings is 1. The van der Waals surface area contributed by atoms with Gasteiger partial charge in [-0.05, 0) is 25.5 Å². The molecule has 2 N–H and O–H groups in total. The van der Waals surface area contributed by atoms with E-state index in [4.69, 9.17) is 5.73 Å². The van der Waals surface area contributed by atoms with Crippen molar-refractivity contribution in [3.63, 3.8) is 0 Å². The second kappa shape index (κ2) is 3.94. The summed E-state index contributed by atoms with van der Waals surface area (Å²) in [6, 6.07) is 4.55. The van der Waals surface area contributed by atoms with Crippen LogP contribution in [0.25, 0.3) is 0 Å². The molecule has 1 aromatic heterocycles. The zero-order chi connectivity index (χ0) is 11.0. The number of nitrogens with zero attached hydrogens (tertiary/aromatic N) is 3. The molecule has 1 atom stereocenters. The van der Waals surface area contributed by atoms with Gasteiger partial charge in [0.05, 0.1) is 0 Å². The van der Waals surface area contributed by atoms with Gasteiger partial charge in [-0.2, -0.15) is 0 Å². The van der Waals surface area contributed by atoms with Gasteiger partial charge < -0.3 is 10.6 Å². The summed E-state index contributed by atoms with van der Waals surface area (Å²) in [5, 5.41) is 0. The van der Waals surface area contributed by atoms with Crippen LogP contribution >= 0.6 is 0 Å². The fraction of sp³-hybridized carbons (Fsp3) is 0.583. The van der Waals surface area contributed by atoms with Gasteiger partial charge in [0.25, 0.3) is 0 Å². The average Bonchev–Trinajstić information content (AvgIpc) is 2.75. The van der Waals surface area contributed by atoms with Gasteiger partial charge in [-0.3, -0.25) is 4.90 Å². The number of fused-ring (bicyclic) bond motifs is 1. The molecule has 0 aromatic carbocycles. The molecule has 16 heavy (non-hydrogen) atoms. The van der Waals surface area contributed by atoms with Crippen LogP contribution in [0.5, 0.6) is 0 Å². The Morgan fingerprint density at radius 1 is 1.31 bits per heavy atom. The number of hydrogen-bond donors (Lipinski definition) is 1. The van der Waals surface area contributed by atoms with Crippen molar-refractivity contribution in [1.82, 2.24) is 9.88 Å². The highest BCUT2D eigenvalue weighted by Gasteiger charge is 2.30. The molecule has 0 radical (unpaired) electrons. The zero-order valence-corrected chi connectivity index (χ0v) is 9.47. The van der Waals surface area contributed by atoms with Crippen molar-refractivity contribution in [2.45, 2.75) is 18.9 Å². The molecule has 4 nitrogen and oxygen atoms in total. The number of nitrogens with two attached hydrogens (primary N) is 1. The number of nitrogen functional groups attached to an aromatic ring is 1. The van der Waals surface area contributed by atoms with Crippen molar-refractivity contribution in [3.8, 4) is 0 Å². The van der Waals surface area contributed by atoms with Crippen molar-refractivity contribution in [3.05, 3.63) is 18.3 Å². The molecular formula is C12H18N4. The van der Waals surface area contributed by atoms with Crippen molar-refractivity contribution < 1.29 is 0 Å². The summed E-state index contributed by atoms with van der Waals surface area (Å²) in [5.41, 5.74) is 6.60. The van der Waals surface area contributed by atoms with E-state index in [2.05, 4.69) is 14.8 Å². The third-order valence-corrected chi connectivity index (χ3v) is 3.68. The molecule has 2 aliphatic rings. The van der Waals surface area contributed by atoms with Gasteiger partial charge in [0.1, 0.15) is 5.82 Å². The van der Waals surface area contributed by atoms with Crippen LogP contribution in [0.1, 0.15) is 12.8 Å². The molecule has 0 amide bonds.